The third-order valence-corrected chi connectivity index (χ3v) is 7.88. The Morgan fingerprint density at radius 3 is 2.35 bits per heavy atom. The number of benzene rings is 3. The van der Waals surface area contributed by atoms with E-state index in [1.54, 1.807) is 30.3 Å². The van der Waals surface area contributed by atoms with Crippen LogP contribution in [0.2, 0.25) is 5.02 Å². The van der Waals surface area contributed by atoms with Crippen LogP contribution in [-0.2, 0) is 6.54 Å². The largest absolute Gasteiger partial charge is 0.504 e. The molecule has 3 N–H and O–H groups in total. The number of imide groups is 1. The van der Waals surface area contributed by atoms with Gasteiger partial charge < -0.3 is 19.5 Å². The summed E-state index contributed by atoms with van der Waals surface area (Å²) in [5.41, 5.74) is 2.94. The second kappa shape index (κ2) is 11.1. The number of carbonyl (C=O) groups is 2. The normalized spacial score (nSPS) is 13.3. The SMILES string of the molecule is CC(C)N(CCCOc1cc2c(cc1O)c1c3c(c(-c4ccccc4Cl)cc1n2CCO)C(=O)NC3=O)C(C)C. The van der Waals surface area contributed by atoms with Gasteiger partial charge in [0.25, 0.3) is 11.8 Å². The summed E-state index contributed by atoms with van der Waals surface area (Å²) in [5.74, 6) is -0.755. The maximum atomic E-state index is 13.1. The van der Waals surface area contributed by atoms with Crippen LogP contribution in [0.3, 0.4) is 0 Å². The Bertz CT molecular complexity index is 1620. The van der Waals surface area contributed by atoms with Gasteiger partial charge in [0.15, 0.2) is 11.5 Å². The summed E-state index contributed by atoms with van der Waals surface area (Å²) in [6.07, 6.45) is 0.782. The molecule has 1 aromatic heterocycles. The van der Waals surface area contributed by atoms with E-state index in [9.17, 15) is 19.8 Å². The van der Waals surface area contributed by atoms with E-state index in [4.69, 9.17) is 16.3 Å². The van der Waals surface area contributed by atoms with Gasteiger partial charge in [-0.3, -0.25) is 19.8 Å². The van der Waals surface area contributed by atoms with Crippen LogP contribution in [-0.4, -0.2) is 63.3 Å². The molecule has 2 amide bonds. The molecule has 1 aliphatic heterocycles. The number of amides is 2. The summed E-state index contributed by atoms with van der Waals surface area (Å²) in [4.78, 5) is 28.5. The van der Waals surface area contributed by atoms with Gasteiger partial charge in [-0.15, -0.1) is 0 Å². The van der Waals surface area contributed by atoms with E-state index in [0.29, 0.717) is 62.4 Å². The van der Waals surface area contributed by atoms with Crippen molar-refractivity contribution in [1.82, 2.24) is 14.8 Å². The van der Waals surface area contributed by atoms with Crippen molar-refractivity contribution < 1.29 is 24.5 Å². The smallest absolute Gasteiger partial charge is 0.259 e. The molecular weight excluding hydrogens is 530 g/mol. The van der Waals surface area contributed by atoms with E-state index in [-0.39, 0.29) is 30.0 Å². The van der Waals surface area contributed by atoms with Crippen LogP contribution in [0.5, 0.6) is 11.5 Å². The Morgan fingerprint density at radius 2 is 1.68 bits per heavy atom. The van der Waals surface area contributed by atoms with Crippen LogP contribution in [0.1, 0.15) is 54.8 Å². The number of halogens is 1. The van der Waals surface area contributed by atoms with Crippen molar-refractivity contribution in [3.63, 3.8) is 0 Å². The predicted molar refractivity (Wildman–Crippen MR) is 158 cm³/mol. The summed E-state index contributed by atoms with van der Waals surface area (Å²) in [6, 6.07) is 13.1. The molecule has 8 nitrogen and oxygen atoms in total. The molecule has 210 valence electrons. The zero-order valence-corrected chi connectivity index (χ0v) is 23.9. The average molecular weight is 564 g/mol. The fourth-order valence-corrected chi connectivity index (χ4v) is 6.08. The lowest BCUT2D eigenvalue weighted by molar-refractivity contribution is 0.0880. The topological polar surface area (TPSA) is 104 Å². The zero-order valence-electron chi connectivity index (χ0n) is 23.1. The van der Waals surface area contributed by atoms with E-state index in [1.807, 2.05) is 16.7 Å². The molecule has 1 aliphatic rings. The fraction of sp³-hybridized carbons (Fsp3) is 0.355. The maximum Gasteiger partial charge on any atom is 0.259 e. The molecule has 3 aromatic carbocycles. The number of ether oxygens (including phenoxy) is 1. The van der Waals surface area contributed by atoms with Gasteiger partial charge in [0.05, 0.1) is 35.4 Å². The lowest BCUT2D eigenvalue weighted by Crippen LogP contribution is -2.38. The molecule has 0 bridgehead atoms. The molecule has 0 unspecified atom stereocenters. The Balaban J connectivity index is 1.64. The minimum atomic E-state index is -0.512. The zero-order chi connectivity index (χ0) is 28.7. The Labute approximate surface area is 238 Å². The number of phenolic OH excluding ortho intramolecular Hbond substituents is 1. The molecule has 0 saturated heterocycles. The molecule has 5 rings (SSSR count). The van der Waals surface area contributed by atoms with E-state index < -0.39 is 11.8 Å². The average Bonchev–Trinajstić information content (AvgIpc) is 3.36. The van der Waals surface area contributed by atoms with Crippen molar-refractivity contribution >= 4 is 45.2 Å². The number of phenols is 1. The molecule has 0 saturated carbocycles. The van der Waals surface area contributed by atoms with Crippen molar-refractivity contribution in [3.05, 3.63) is 58.6 Å². The van der Waals surface area contributed by atoms with Gasteiger partial charge in [0, 0.05) is 52.6 Å². The number of carbonyl (C=O) groups excluding carboxylic acids is 2. The van der Waals surface area contributed by atoms with E-state index in [0.717, 1.165) is 13.0 Å². The molecule has 0 fully saturated rings. The summed E-state index contributed by atoms with van der Waals surface area (Å²) < 4.78 is 7.90. The van der Waals surface area contributed by atoms with Gasteiger partial charge >= 0.3 is 0 Å². The summed E-state index contributed by atoms with van der Waals surface area (Å²) in [5, 5.41) is 24.9. The van der Waals surface area contributed by atoms with Crippen LogP contribution in [0.15, 0.2) is 42.5 Å². The number of hydrogen-bond acceptors (Lipinski definition) is 6. The predicted octanol–water partition coefficient (Wildman–Crippen LogP) is 5.58. The lowest BCUT2D eigenvalue weighted by atomic mass is 9.93. The van der Waals surface area contributed by atoms with E-state index >= 15 is 0 Å². The highest BCUT2D eigenvalue weighted by molar-refractivity contribution is 6.36. The molecule has 9 heteroatoms. The van der Waals surface area contributed by atoms with Crippen LogP contribution < -0.4 is 10.1 Å². The number of rotatable bonds is 10. The minimum Gasteiger partial charge on any atom is -0.504 e. The van der Waals surface area contributed by atoms with E-state index in [1.165, 1.54) is 0 Å². The third kappa shape index (κ3) is 4.80. The van der Waals surface area contributed by atoms with Gasteiger partial charge in [-0.25, -0.2) is 0 Å². The Morgan fingerprint density at radius 1 is 0.975 bits per heavy atom. The summed E-state index contributed by atoms with van der Waals surface area (Å²) >= 11 is 6.52. The monoisotopic (exact) mass is 563 g/mol. The standard InChI is InChI=1S/C31H34ClN3O5/c1-17(2)34(18(3)4)10-7-13-40-26-16-23-21(15-25(26)37)27-24(35(23)11-12-36)14-20(19-8-5-6-9-22(19)32)28-29(27)31(39)33-30(28)38/h5-6,8-9,14-18,36-37H,7,10-13H2,1-4H3,(H,33,38,39). The number of aromatic nitrogens is 1. The number of aliphatic hydroxyl groups is 1. The number of aromatic hydroxyl groups is 1. The fourth-order valence-electron chi connectivity index (χ4n) is 5.85. The van der Waals surface area contributed by atoms with Gasteiger partial charge in [-0.05, 0) is 57.9 Å². The molecule has 40 heavy (non-hydrogen) atoms. The first-order valence-corrected chi connectivity index (χ1v) is 14.0. The molecule has 2 heterocycles. The van der Waals surface area contributed by atoms with Crippen molar-refractivity contribution in [2.45, 2.75) is 52.7 Å². The van der Waals surface area contributed by atoms with Gasteiger partial charge in [0.1, 0.15) is 0 Å². The molecule has 0 spiro atoms. The summed E-state index contributed by atoms with van der Waals surface area (Å²) in [6.45, 7) is 10.0. The molecule has 0 atom stereocenters. The van der Waals surface area contributed by atoms with Gasteiger partial charge in [-0.1, -0.05) is 29.8 Å². The highest BCUT2D eigenvalue weighted by Gasteiger charge is 2.35. The highest BCUT2D eigenvalue weighted by atomic mass is 35.5. The minimum absolute atomic E-state index is 0.0613. The van der Waals surface area contributed by atoms with Crippen LogP contribution in [0.25, 0.3) is 32.9 Å². The molecule has 0 aliphatic carbocycles. The van der Waals surface area contributed by atoms with Gasteiger partial charge in [-0.2, -0.15) is 0 Å². The first-order valence-electron chi connectivity index (χ1n) is 13.6. The Hall–Kier alpha value is -3.59. The van der Waals surface area contributed by atoms with Crippen molar-refractivity contribution in [2.24, 2.45) is 0 Å². The van der Waals surface area contributed by atoms with Crippen molar-refractivity contribution in [2.75, 3.05) is 19.8 Å². The highest BCUT2D eigenvalue weighted by Crippen LogP contribution is 2.44. The second-order valence-corrected chi connectivity index (χ2v) is 11.1. The number of aliphatic hydroxyl groups excluding tert-OH is 1. The summed E-state index contributed by atoms with van der Waals surface area (Å²) in [7, 11) is 0. The second-order valence-electron chi connectivity index (χ2n) is 10.7. The van der Waals surface area contributed by atoms with E-state index in [2.05, 4.69) is 37.9 Å². The van der Waals surface area contributed by atoms with Crippen molar-refractivity contribution in [1.29, 1.82) is 0 Å². The number of fused-ring (bicyclic) bond motifs is 5. The van der Waals surface area contributed by atoms with Gasteiger partial charge in [0.2, 0.25) is 0 Å². The van der Waals surface area contributed by atoms with Crippen molar-refractivity contribution in [3.8, 4) is 22.6 Å². The first-order chi connectivity index (χ1) is 19.1. The van der Waals surface area contributed by atoms with Crippen LogP contribution >= 0.6 is 11.6 Å². The van der Waals surface area contributed by atoms with Crippen LogP contribution in [0, 0.1) is 0 Å². The number of nitrogens with zero attached hydrogens (tertiary/aromatic N) is 2. The first kappa shape index (κ1) is 28.0. The molecule has 0 radical (unpaired) electrons. The van der Waals surface area contributed by atoms with Crippen LogP contribution in [0.4, 0.5) is 0 Å². The lowest BCUT2D eigenvalue weighted by Gasteiger charge is -2.30. The molecule has 4 aromatic rings. The maximum absolute atomic E-state index is 13.1. The molecular formula is C31H34ClN3O5. The number of nitrogens with one attached hydrogen (secondary N) is 1. The third-order valence-electron chi connectivity index (χ3n) is 7.55. The number of hydrogen-bond donors (Lipinski definition) is 3. The quantitative estimate of drug-likeness (QED) is 0.172. The Kier molecular flexibility index (Phi) is 7.77.